The zero-order valence-corrected chi connectivity index (χ0v) is 9.12. The van der Waals surface area contributed by atoms with Crippen LogP contribution in [0.2, 0.25) is 5.02 Å². The van der Waals surface area contributed by atoms with E-state index in [1.165, 1.54) is 18.2 Å². The molecule has 1 aromatic rings. The molecule has 0 saturated heterocycles. The molecule has 0 fully saturated rings. The molecule has 0 spiro atoms. The van der Waals surface area contributed by atoms with Crippen LogP contribution in [0.3, 0.4) is 0 Å². The summed E-state index contributed by atoms with van der Waals surface area (Å²) in [6.45, 7) is -0.664. The van der Waals surface area contributed by atoms with Crippen molar-refractivity contribution in [2.75, 3.05) is 6.61 Å². The highest BCUT2D eigenvalue weighted by Gasteiger charge is 2.07. The lowest BCUT2D eigenvalue weighted by Gasteiger charge is -2.07. The highest BCUT2D eigenvalue weighted by molar-refractivity contribution is 7.80. The van der Waals surface area contributed by atoms with Crippen LogP contribution in [0.25, 0.3) is 0 Å². The van der Waals surface area contributed by atoms with E-state index in [1.807, 2.05) is 0 Å². The van der Waals surface area contributed by atoms with E-state index in [9.17, 15) is 8.78 Å². The van der Waals surface area contributed by atoms with Gasteiger partial charge in [0.05, 0.1) is 5.02 Å². The average Bonchev–Trinajstić information content (AvgIpc) is 2.14. The summed E-state index contributed by atoms with van der Waals surface area (Å²) < 4.78 is 28.4. The monoisotopic (exact) mass is 251 g/mol. The van der Waals surface area contributed by atoms with Crippen molar-refractivity contribution in [1.29, 1.82) is 0 Å². The molecule has 6 heteroatoms. The van der Waals surface area contributed by atoms with Crippen molar-refractivity contribution in [2.45, 2.75) is 6.43 Å². The fraction of sp³-hybridized carbons (Fsp3) is 0.222. The maximum Gasteiger partial charge on any atom is 0.272 e. The number of ether oxygens (including phenoxy) is 1. The molecule has 0 bridgehead atoms. The van der Waals surface area contributed by atoms with E-state index in [0.29, 0.717) is 5.56 Å². The van der Waals surface area contributed by atoms with Crippen molar-refractivity contribution in [3.05, 3.63) is 28.8 Å². The van der Waals surface area contributed by atoms with E-state index in [1.54, 1.807) is 0 Å². The highest BCUT2D eigenvalue weighted by atomic mass is 35.5. The van der Waals surface area contributed by atoms with Crippen molar-refractivity contribution >= 4 is 28.8 Å². The average molecular weight is 252 g/mol. The Balaban J connectivity index is 2.78. The Labute approximate surface area is 96.0 Å². The first-order valence-electron chi connectivity index (χ1n) is 4.01. The van der Waals surface area contributed by atoms with Gasteiger partial charge in [-0.1, -0.05) is 23.8 Å². The maximum atomic E-state index is 11.8. The Morgan fingerprint density at radius 1 is 1.53 bits per heavy atom. The van der Waals surface area contributed by atoms with Crippen LogP contribution in [0.1, 0.15) is 5.56 Å². The summed E-state index contributed by atoms with van der Waals surface area (Å²) in [5, 5.41) is 0.286. The predicted molar refractivity (Wildman–Crippen MR) is 58.8 cm³/mol. The van der Waals surface area contributed by atoms with Gasteiger partial charge in [0, 0.05) is 5.56 Å². The summed E-state index contributed by atoms with van der Waals surface area (Å²) in [7, 11) is 0. The Hall–Kier alpha value is -0.940. The van der Waals surface area contributed by atoms with Crippen LogP contribution in [-0.2, 0) is 0 Å². The summed E-state index contributed by atoms with van der Waals surface area (Å²) in [6, 6.07) is 4.42. The molecule has 82 valence electrons. The Kier molecular flexibility index (Phi) is 4.23. The normalized spacial score (nSPS) is 10.4. The molecule has 15 heavy (non-hydrogen) atoms. The fourth-order valence-electron chi connectivity index (χ4n) is 0.945. The number of benzene rings is 1. The van der Waals surface area contributed by atoms with Crippen LogP contribution < -0.4 is 10.5 Å². The number of alkyl halides is 2. The standard InChI is InChI=1S/C9H8ClF2NOS/c10-7-3-5(14-4-8(11)12)1-2-6(7)9(13)15/h1-3,8H,4H2,(H2,13,15). The molecule has 2 N–H and O–H groups in total. The summed E-state index contributed by atoms with van der Waals surface area (Å²) in [5.41, 5.74) is 5.87. The number of hydrogen-bond donors (Lipinski definition) is 1. The quantitative estimate of drug-likeness (QED) is 0.836. The van der Waals surface area contributed by atoms with Crippen LogP contribution in [0.15, 0.2) is 18.2 Å². The number of halogens is 3. The van der Waals surface area contributed by atoms with Crippen molar-refractivity contribution in [1.82, 2.24) is 0 Å². The zero-order valence-electron chi connectivity index (χ0n) is 7.54. The predicted octanol–water partition coefficient (Wildman–Crippen LogP) is 2.62. The molecule has 0 aliphatic heterocycles. The van der Waals surface area contributed by atoms with E-state index in [-0.39, 0.29) is 15.8 Å². The first-order valence-corrected chi connectivity index (χ1v) is 4.79. The lowest BCUT2D eigenvalue weighted by molar-refractivity contribution is 0.0819. The van der Waals surface area contributed by atoms with Crippen LogP contribution in [0.4, 0.5) is 8.78 Å². The van der Waals surface area contributed by atoms with E-state index < -0.39 is 13.0 Å². The zero-order chi connectivity index (χ0) is 11.4. The van der Waals surface area contributed by atoms with Crippen molar-refractivity contribution in [3.63, 3.8) is 0 Å². The highest BCUT2D eigenvalue weighted by Crippen LogP contribution is 2.22. The van der Waals surface area contributed by atoms with Crippen LogP contribution >= 0.6 is 23.8 Å². The molecule has 0 heterocycles. The third-order valence-electron chi connectivity index (χ3n) is 1.58. The van der Waals surface area contributed by atoms with E-state index >= 15 is 0 Å². The molecule has 0 atom stereocenters. The minimum Gasteiger partial charge on any atom is -0.488 e. The van der Waals surface area contributed by atoms with Crippen LogP contribution in [0, 0.1) is 0 Å². The number of nitrogens with two attached hydrogens (primary N) is 1. The molecule has 0 unspecified atom stereocenters. The SMILES string of the molecule is NC(=S)c1ccc(OCC(F)F)cc1Cl. The largest absolute Gasteiger partial charge is 0.488 e. The molecule has 0 aliphatic rings. The Morgan fingerprint density at radius 3 is 2.67 bits per heavy atom. The lowest BCUT2D eigenvalue weighted by Crippen LogP contribution is -2.11. The van der Waals surface area contributed by atoms with E-state index in [4.69, 9.17) is 34.3 Å². The molecule has 0 saturated carbocycles. The molecule has 0 amide bonds. The van der Waals surface area contributed by atoms with E-state index in [0.717, 1.165) is 0 Å². The van der Waals surface area contributed by atoms with Gasteiger partial charge in [-0.2, -0.15) is 0 Å². The summed E-state index contributed by atoms with van der Waals surface area (Å²) in [4.78, 5) is 0.153. The number of hydrogen-bond acceptors (Lipinski definition) is 2. The minimum atomic E-state index is -2.51. The Morgan fingerprint density at radius 2 is 2.20 bits per heavy atom. The second kappa shape index (κ2) is 5.23. The molecule has 1 rings (SSSR count). The smallest absolute Gasteiger partial charge is 0.272 e. The van der Waals surface area contributed by atoms with Crippen LogP contribution in [0.5, 0.6) is 5.75 Å². The second-order valence-electron chi connectivity index (χ2n) is 2.71. The van der Waals surface area contributed by atoms with Gasteiger partial charge < -0.3 is 10.5 Å². The summed E-state index contributed by atoms with van der Waals surface area (Å²) in [5.74, 6) is 0.264. The van der Waals surface area contributed by atoms with Crippen LogP contribution in [-0.4, -0.2) is 18.0 Å². The molecular weight excluding hydrogens is 244 g/mol. The van der Waals surface area contributed by atoms with Gasteiger partial charge in [-0.25, -0.2) is 8.78 Å². The maximum absolute atomic E-state index is 11.8. The van der Waals surface area contributed by atoms with Gasteiger partial charge >= 0.3 is 0 Å². The number of thiocarbonyl (C=S) groups is 1. The third kappa shape index (κ3) is 3.60. The van der Waals surface area contributed by atoms with Crippen molar-refractivity contribution in [2.24, 2.45) is 5.73 Å². The van der Waals surface area contributed by atoms with Gasteiger partial charge in [0.15, 0.2) is 0 Å². The fourth-order valence-corrected chi connectivity index (χ4v) is 1.45. The minimum absolute atomic E-state index is 0.153. The topological polar surface area (TPSA) is 35.2 Å². The molecule has 1 aromatic carbocycles. The first kappa shape index (κ1) is 12.1. The molecule has 0 aliphatic carbocycles. The molecular formula is C9H8ClF2NOS. The number of rotatable bonds is 4. The Bertz CT molecular complexity index is 373. The molecule has 0 aromatic heterocycles. The second-order valence-corrected chi connectivity index (χ2v) is 3.56. The van der Waals surface area contributed by atoms with Crippen molar-refractivity contribution in [3.8, 4) is 5.75 Å². The van der Waals surface area contributed by atoms with Gasteiger partial charge in [0.25, 0.3) is 6.43 Å². The van der Waals surface area contributed by atoms with Gasteiger partial charge in [-0.3, -0.25) is 0 Å². The third-order valence-corrected chi connectivity index (χ3v) is 2.11. The molecule has 2 nitrogen and oxygen atoms in total. The van der Waals surface area contributed by atoms with Crippen molar-refractivity contribution < 1.29 is 13.5 Å². The van der Waals surface area contributed by atoms with Gasteiger partial charge in [-0.15, -0.1) is 0 Å². The van der Waals surface area contributed by atoms with Gasteiger partial charge in [0.2, 0.25) is 0 Å². The summed E-state index contributed by atoms with van der Waals surface area (Å²) >= 11 is 10.5. The summed E-state index contributed by atoms with van der Waals surface area (Å²) in [6.07, 6.45) is -2.51. The lowest BCUT2D eigenvalue weighted by atomic mass is 10.2. The first-order chi connectivity index (χ1) is 7.00. The molecule has 0 radical (unpaired) electrons. The van der Waals surface area contributed by atoms with E-state index in [2.05, 4.69) is 0 Å². The van der Waals surface area contributed by atoms with Gasteiger partial charge in [0.1, 0.15) is 17.3 Å². The van der Waals surface area contributed by atoms with Gasteiger partial charge in [-0.05, 0) is 18.2 Å².